The number of hydrogen-bond acceptors (Lipinski definition) is 3. The molecule has 0 N–H and O–H groups in total. The molecule has 116 valence electrons. The lowest BCUT2D eigenvalue weighted by molar-refractivity contribution is -0.000239. The monoisotopic (exact) mass is 298 g/mol. The Labute approximate surface area is 125 Å². The van der Waals surface area contributed by atoms with Crippen LogP contribution in [0, 0.1) is 17.4 Å². The number of carbonyl (C=O) groups excluding carboxylic acids is 1. The predicted octanol–water partition coefficient (Wildman–Crippen LogP) is 4.63. The van der Waals surface area contributed by atoms with Gasteiger partial charge in [0.2, 0.25) is 0 Å². The normalized spacial score (nSPS) is 14.2. The zero-order chi connectivity index (χ0) is 15.8. The van der Waals surface area contributed by atoms with E-state index in [0.29, 0.717) is 12.5 Å². The predicted molar refractivity (Wildman–Crippen MR) is 86.3 cm³/mol. The maximum absolute atomic E-state index is 11.6. The highest BCUT2D eigenvalue weighted by Crippen LogP contribution is 2.21. The van der Waals surface area contributed by atoms with Crippen LogP contribution in [0.2, 0.25) is 19.6 Å². The van der Waals surface area contributed by atoms with Gasteiger partial charge in [-0.05, 0) is 32.6 Å². The van der Waals surface area contributed by atoms with Gasteiger partial charge in [-0.2, -0.15) is 0 Å². The standard InChI is InChI=1S/C16H30O3Si/c1-8-18-15(17)19-16(4,11-9-10-14(2)3)12-13-20(5,6)7/h14H,8-11H2,1-7H3/t16-/m0/s1. The lowest BCUT2D eigenvalue weighted by Crippen LogP contribution is -2.32. The van der Waals surface area contributed by atoms with Crippen molar-refractivity contribution in [3.63, 3.8) is 0 Å². The van der Waals surface area contributed by atoms with Crippen molar-refractivity contribution in [2.24, 2.45) is 5.92 Å². The first-order valence-electron chi connectivity index (χ1n) is 7.48. The Morgan fingerprint density at radius 3 is 2.35 bits per heavy atom. The van der Waals surface area contributed by atoms with Gasteiger partial charge in [0.15, 0.2) is 5.60 Å². The summed E-state index contributed by atoms with van der Waals surface area (Å²) < 4.78 is 10.3. The van der Waals surface area contributed by atoms with Crippen LogP contribution in [0.3, 0.4) is 0 Å². The molecule has 0 saturated carbocycles. The minimum absolute atomic E-state index is 0.322. The van der Waals surface area contributed by atoms with E-state index in [2.05, 4.69) is 45.0 Å². The third-order valence-electron chi connectivity index (χ3n) is 2.71. The molecule has 0 aromatic rings. The molecule has 0 radical (unpaired) electrons. The van der Waals surface area contributed by atoms with E-state index in [0.717, 1.165) is 19.3 Å². The van der Waals surface area contributed by atoms with Crippen molar-refractivity contribution >= 4 is 14.2 Å². The third-order valence-corrected chi connectivity index (χ3v) is 3.58. The average Bonchev–Trinajstić information content (AvgIpc) is 2.25. The molecule has 0 unspecified atom stereocenters. The minimum atomic E-state index is -1.49. The maximum Gasteiger partial charge on any atom is 0.509 e. The van der Waals surface area contributed by atoms with E-state index in [9.17, 15) is 4.79 Å². The summed E-state index contributed by atoms with van der Waals surface area (Å²) in [6.07, 6.45) is 2.23. The zero-order valence-electron chi connectivity index (χ0n) is 14.1. The van der Waals surface area contributed by atoms with Gasteiger partial charge in [0.25, 0.3) is 0 Å². The van der Waals surface area contributed by atoms with Crippen LogP contribution in [0.5, 0.6) is 0 Å². The third kappa shape index (κ3) is 9.91. The smallest absolute Gasteiger partial charge is 0.435 e. The second kappa shape index (κ2) is 8.36. The molecule has 0 aliphatic rings. The van der Waals surface area contributed by atoms with Crippen molar-refractivity contribution in [3.8, 4) is 11.5 Å². The largest absolute Gasteiger partial charge is 0.509 e. The summed E-state index contributed by atoms with van der Waals surface area (Å²) in [4.78, 5) is 11.6. The summed E-state index contributed by atoms with van der Waals surface area (Å²) in [5.74, 6) is 3.83. The van der Waals surface area contributed by atoms with E-state index in [1.54, 1.807) is 6.92 Å². The molecule has 0 aliphatic heterocycles. The molecule has 0 amide bonds. The van der Waals surface area contributed by atoms with Crippen molar-refractivity contribution in [2.75, 3.05) is 6.61 Å². The van der Waals surface area contributed by atoms with Crippen LogP contribution in [0.25, 0.3) is 0 Å². The molecule has 0 spiro atoms. The van der Waals surface area contributed by atoms with Gasteiger partial charge >= 0.3 is 6.16 Å². The molecule has 4 heteroatoms. The molecule has 20 heavy (non-hydrogen) atoms. The summed E-state index contributed by atoms with van der Waals surface area (Å²) in [7, 11) is -1.49. The van der Waals surface area contributed by atoms with Crippen LogP contribution in [0.1, 0.15) is 47.0 Å². The average molecular weight is 298 g/mol. The van der Waals surface area contributed by atoms with Crippen molar-refractivity contribution < 1.29 is 14.3 Å². The Morgan fingerprint density at radius 1 is 1.30 bits per heavy atom. The number of rotatable bonds is 6. The number of ether oxygens (including phenoxy) is 2. The molecule has 0 rings (SSSR count). The van der Waals surface area contributed by atoms with Gasteiger partial charge in [-0.15, -0.1) is 5.54 Å². The van der Waals surface area contributed by atoms with E-state index >= 15 is 0 Å². The molecule has 0 heterocycles. The van der Waals surface area contributed by atoms with E-state index < -0.39 is 19.8 Å². The number of hydrogen-bond donors (Lipinski definition) is 0. The quantitative estimate of drug-likeness (QED) is 0.407. The fraction of sp³-hybridized carbons (Fsp3) is 0.812. The van der Waals surface area contributed by atoms with Crippen LogP contribution >= 0.6 is 0 Å². The lowest BCUT2D eigenvalue weighted by atomic mass is 9.96. The van der Waals surface area contributed by atoms with Crippen molar-refractivity contribution in [1.82, 2.24) is 0 Å². The second-order valence-electron chi connectivity index (χ2n) is 6.80. The summed E-state index contributed by atoms with van der Waals surface area (Å²) in [6, 6.07) is 0. The molecule has 3 nitrogen and oxygen atoms in total. The van der Waals surface area contributed by atoms with Gasteiger partial charge in [-0.25, -0.2) is 4.79 Å². The molecular formula is C16H30O3Si. The Morgan fingerprint density at radius 2 is 1.90 bits per heavy atom. The second-order valence-corrected chi connectivity index (χ2v) is 11.6. The van der Waals surface area contributed by atoms with E-state index in [4.69, 9.17) is 9.47 Å². The zero-order valence-corrected chi connectivity index (χ0v) is 15.1. The first-order chi connectivity index (χ1) is 9.08. The van der Waals surface area contributed by atoms with Gasteiger partial charge < -0.3 is 9.47 Å². The van der Waals surface area contributed by atoms with Gasteiger partial charge in [0.1, 0.15) is 8.07 Å². The summed E-state index contributed by atoms with van der Waals surface area (Å²) in [5, 5.41) is 0. The van der Waals surface area contributed by atoms with E-state index in [-0.39, 0.29) is 0 Å². The van der Waals surface area contributed by atoms with Gasteiger partial charge in [-0.3, -0.25) is 0 Å². The SMILES string of the molecule is CCOC(=O)O[C@](C)(C#C[Si](C)(C)C)CCCC(C)C. The molecule has 0 aliphatic carbocycles. The Kier molecular flexibility index (Phi) is 7.96. The molecule has 0 aromatic carbocycles. The van der Waals surface area contributed by atoms with Gasteiger partial charge in [-0.1, -0.05) is 45.8 Å². The van der Waals surface area contributed by atoms with E-state index in [1.807, 2.05) is 6.92 Å². The van der Waals surface area contributed by atoms with Gasteiger partial charge in [0, 0.05) is 0 Å². The van der Waals surface area contributed by atoms with Crippen LogP contribution in [0.4, 0.5) is 4.79 Å². The van der Waals surface area contributed by atoms with Crippen LogP contribution < -0.4 is 0 Å². The first kappa shape index (κ1) is 19.0. The Bertz CT molecular complexity index is 360. The fourth-order valence-corrected chi connectivity index (χ4v) is 2.28. The first-order valence-corrected chi connectivity index (χ1v) is 11.0. The molecule has 1 atom stereocenters. The minimum Gasteiger partial charge on any atom is -0.435 e. The molecule has 0 bridgehead atoms. The van der Waals surface area contributed by atoms with Crippen LogP contribution in [0.15, 0.2) is 0 Å². The Hall–Kier alpha value is -0.953. The van der Waals surface area contributed by atoms with Crippen LogP contribution in [-0.2, 0) is 9.47 Å². The Balaban J connectivity index is 4.82. The highest BCUT2D eigenvalue weighted by Gasteiger charge is 2.27. The molecule has 0 fully saturated rings. The maximum atomic E-state index is 11.6. The van der Waals surface area contributed by atoms with Crippen molar-refractivity contribution in [1.29, 1.82) is 0 Å². The van der Waals surface area contributed by atoms with Crippen molar-refractivity contribution in [3.05, 3.63) is 0 Å². The van der Waals surface area contributed by atoms with E-state index in [1.165, 1.54) is 0 Å². The van der Waals surface area contributed by atoms with Crippen molar-refractivity contribution in [2.45, 2.75) is 72.2 Å². The number of carbonyl (C=O) groups is 1. The van der Waals surface area contributed by atoms with Crippen LogP contribution in [-0.4, -0.2) is 26.4 Å². The molecule has 0 aromatic heterocycles. The highest BCUT2D eigenvalue weighted by atomic mass is 28.3. The topological polar surface area (TPSA) is 35.5 Å². The summed E-state index contributed by atoms with van der Waals surface area (Å²) in [5.41, 5.74) is 2.57. The summed E-state index contributed by atoms with van der Waals surface area (Å²) in [6.45, 7) is 14.9. The highest BCUT2D eigenvalue weighted by molar-refractivity contribution is 6.83. The summed E-state index contributed by atoms with van der Waals surface area (Å²) >= 11 is 0. The molecule has 0 saturated heterocycles. The lowest BCUT2D eigenvalue weighted by Gasteiger charge is -2.24. The fourth-order valence-electron chi connectivity index (χ4n) is 1.64. The molecular weight excluding hydrogens is 268 g/mol. The van der Waals surface area contributed by atoms with Gasteiger partial charge in [0.05, 0.1) is 6.61 Å².